The Kier molecular flexibility index (Phi) is 8.98. The lowest BCUT2D eigenvalue weighted by molar-refractivity contribution is -0.123. The molecule has 1 aliphatic rings. The van der Waals surface area contributed by atoms with Gasteiger partial charge in [-0.15, -0.1) is 0 Å². The smallest absolute Gasteiger partial charge is 0.322 e. The van der Waals surface area contributed by atoms with Crippen molar-refractivity contribution < 1.29 is 14.4 Å². The normalized spacial score (nSPS) is 13.0. The first-order chi connectivity index (χ1) is 15.6. The summed E-state index contributed by atoms with van der Waals surface area (Å²) in [5, 5.41) is 5.76. The van der Waals surface area contributed by atoms with Crippen molar-refractivity contribution in [3.8, 4) is 0 Å². The number of carbonyl (C=O) groups is 3. The Bertz CT molecular complexity index is 922. The second kappa shape index (κ2) is 12.1. The third-order valence-corrected chi connectivity index (χ3v) is 6.30. The molecular weight excluding hydrogens is 424 g/mol. The molecule has 2 aromatic carbocycles. The van der Waals surface area contributed by atoms with Gasteiger partial charge in [-0.1, -0.05) is 49.4 Å². The molecule has 1 aliphatic heterocycles. The van der Waals surface area contributed by atoms with Gasteiger partial charge in [0.1, 0.15) is 13.1 Å². The Morgan fingerprint density at radius 3 is 2.44 bits per heavy atom. The van der Waals surface area contributed by atoms with E-state index in [0.717, 1.165) is 29.9 Å². The van der Waals surface area contributed by atoms with E-state index in [1.807, 2.05) is 48.2 Å². The second-order valence-corrected chi connectivity index (χ2v) is 8.74. The molecule has 0 atom stereocenters. The van der Waals surface area contributed by atoms with Crippen LogP contribution in [-0.2, 0) is 16.1 Å². The number of nitrogens with zero attached hydrogens (tertiary/aromatic N) is 2. The fourth-order valence-electron chi connectivity index (χ4n) is 3.43. The Balaban J connectivity index is 1.60. The molecule has 2 aromatic rings. The van der Waals surface area contributed by atoms with Crippen LogP contribution < -0.4 is 20.4 Å². The molecule has 0 aromatic heterocycles. The minimum atomic E-state index is -0.344. The maximum Gasteiger partial charge on any atom is 0.322 e. The van der Waals surface area contributed by atoms with Crippen molar-refractivity contribution in [1.29, 1.82) is 0 Å². The van der Waals surface area contributed by atoms with Gasteiger partial charge in [0.05, 0.1) is 11.4 Å². The summed E-state index contributed by atoms with van der Waals surface area (Å²) in [4.78, 5) is 41.0. The van der Waals surface area contributed by atoms with Gasteiger partial charge in [0.25, 0.3) is 0 Å². The SMILES string of the molecule is CCCSCCCNC(=O)CN1C(=O)CN(C(=O)NCc2ccccc2)c2ccccc21. The molecule has 170 valence electrons. The van der Waals surface area contributed by atoms with E-state index in [0.29, 0.717) is 24.5 Å². The molecule has 2 N–H and O–H groups in total. The number of hydrogen-bond acceptors (Lipinski definition) is 4. The van der Waals surface area contributed by atoms with Crippen molar-refractivity contribution >= 4 is 41.0 Å². The summed E-state index contributed by atoms with van der Waals surface area (Å²) in [6, 6.07) is 16.4. The quantitative estimate of drug-likeness (QED) is 0.539. The molecule has 7 nitrogen and oxygen atoms in total. The predicted molar refractivity (Wildman–Crippen MR) is 130 cm³/mol. The Labute approximate surface area is 193 Å². The van der Waals surface area contributed by atoms with Gasteiger partial charge in [-0.2, -0.15) is 11.8 Å². The lowest BCUT2D eigenvalue weighted by Crippen LogP contribution is -2.53. The molecule has 3 rings (SSSR count). The van der Waals surface area contributed by atoms with E-state index < -0.39 is 0 Å². The van der Waals surface area contributed by atoms with E-state index in [4.69, 9.17) is 0 Å². The first kappa shape index (κ1) is 23.7. The van der Waals surface area contributed by atoms with Crippen molar-refractivity contribution in [2.24, 2.45) is 0 Å². The highest BCUT2D eigenvalue weighted by Gasteiger charge is 2.33. The summed E-state index contributed by atoms with van der Waals surface area (Å²) in [6.07, 6.45) is 2.05. The molecule has 0 radical (unpaired) electrons. The van der Waals surface area contributed by atoms with E-state index in [1.165, 1.54) is 9.80 Å². The van der Waals surface area contributed by atoms with E-state index in [9.17, 15) is 14.4 Å². The molecule has 1 heterocycles. The number of para-hydroxylation sites is 2. The minimum absolute atomic E-state index is 0.0581. The van der Waals surface area contributed by atoms with Crippen LogP contribution in [0, 0.1) is 0 Å². The molecule has 8 heteroatoms. The number of nitrogens with one attached hydrogen (secondary N) is 2. The van der Waals surface area contributed by atoms with Gasteiger partial charge in [-0.25, -0.2) is 4.79 Å². The zero-order valence-corrected chi connectivity index (χ0v) is 19.2. The first-order valence-corrected chi connectivity index (χ1v) is 12.1. The number of thioether (sulfide) groups is 1. The average Bonchev–Trinajstić information content (AvgIpc) is 2.82. The third kappa shape index (κ3) is 6.50. The predicted octanol–water partition coefficient (Wildman–Crippen LogP) is 3.40. The van der Waals surface area contributed by atoms with Gasteiger partial charge in [0.15, 0.2) is 0 Å². The minimum Gasteiger partial charge on any atom is -0.355 e. The Hall–Kier alpha value is -3.00. The number of fused-ring (bicyclic) bond motifs is 1. The molecule has 32 heavy (non-hydrogen) atoms. The van der Waals surface area contributed by atoms with E-state index >= 15 is 0 Å². The lowest BCUT2D eigenvalue weighted by atomic mass is 10.1. The van der Waals surface area contributed by atoms with Crippen LogP contribution in [0.4, 0.5) is 16.2 Å². The van der Waals surface area contributed by atoms with Crippen LogP contribution in [0.2, 0.25) is 0 Å². The molecule has 0 saturated heterocycles. The number of carbonyl (C=O) groups excluding carboxylic acids is 3. The number of anilines is 2. The fraction of sp³-hybridized carbons (Fsp3) is 0.375. The van der Waals surface area contributed by atoms with Crippen LogP contribution in [0.25, 0.3) is 0 Å². The molecule has 0 bridgehead atoms. The highest BCUT2D eigenvalue weighted by molar-refractivity contribution is 7.99. The van der Waals surface area contributed by atoms with E-state index in [2.05, 4.69) is 17.6 Å². The third-order valence-electron chi connectivity index (χ3n) is 5.03. The highest BCUT2D eigenvalue weighted by atomic mass is 32.2. The van der Waals surface area contributed by atoms with Crippen LogP contribution in [0.3, 0.4) is 0 Å². The van der Waals surface area contributed by atoms with Gasteiger partial charge in [0, 0.05) is 13.1 Å². The molecule has 0 saturated carbocycles. The molecule has 0 aliphatic carbocycles. The maximum atomic E-state index is 12.9. The molecule has 0 fully saturated rings. The topological polar surface area (TPSA) is 81.8 Å². The van der Waals surface area contributed by atoms with Crippen molar-refractivity contribution in [3.05, 3.63) is 60.2 Å². The van der Waals surface area contributed by atoms with Crippen LogP contribution in [0.15, 0.2) is 54.6 Å². The van der Waals surface area contributed by atoms with Crippen LogP contribution in [-0.4, -0.2) is 49.0 Å². The van der Waals surface area contributed by atoms with Crippen molar-refractivity contribution in [3.63, 3.8) is 0 Å². The monoisotopic (exact) mass is 454 g/mol. The Morgan fingerprint density at radius 2 is 1.69 bits per heavy atom. The summed E-state index contributed by atoms with van der Waals surface area (Å²) < 4.78 is 0. The number of hydrogen-bond donors (Lipinski definition) is 2. The summed E-state index contributed by atoms with van der Waals surface area (Å²) >= 11 is 1.88. The first-order valence-electron chi connectivity index (χ1n) is 10.9. The zero-order valence-electron chi connectivity index (χ0n) is 18.4. The Morgan fingerprint density at radius 1 is 0.969 bits per heavy atom. The van der Waals surface area contributed by atoms with Crippen molar-refractivity contribution in [2.45, 2.75) is 26.3 Å². The standard InChI is InChI=1S/C24H30N4O3S/c1-2-14-32-15-8-13-25-22(29)17-27-20-11-6-7-12-21(20)28(18-23(27)30)24(31)26-16-19-9-4-3-5-10-19/h3-7,9-12H,2,8,13-18H2,1H3,(H,25,29)(H,26,31). The van der Waals surface area contributed by atoms with Gasteiger partial charge >= 0.3 is 6.03 Å². The van der Waals surface area contributed by atoms with Gasteiger partial charge in [0.2, 0.25) is 11.8 Å². The molecular formula is C24H30N4O3S. The number of urea groups is 1. The lowest BCUT2D eigenvalue weighted by Gasteiger charge is -2.35. The maximum absolute atomic E-state index is 12.9. The highest BCUT2D eigenvalue weighted by Crippen LogP contribution is 2.33. The molecule has 4 amide bonds. The molecule has 0 unspecified atom stereocenters. The summed E-state index contributed by atoms with van der Waals surface area (Å²) in [7, 11) is 0. The summed E-state index contributed by atoms with van der Waals surface area (Å²) in [5.41, 5.74) is 2.15. The summed E-state index contributed by atoms with van der Waals surface area (Å²) in [6.45, 7) is 2.94. The van der Waals surface area contributed by atoms with Crippen molar-refractivity contribution in [2.75, 3.05) is 40.9 Å². The number of rotatable bonds is 10. The summed E-state index contributed by atoms with van der Waals surface area (Å²) in [5.74, 6) is 1.65. The molecule has 0 spiro atoms. The number of amides is 4. The van der Waals surface area contributed by atoms with Crippen LogP contribution >= 0.6 is 11.8 Å². The van der Waals surface area contributed by atoms with Gasteiger partial charge in [-0.05, 0) is 42.0 Å². The number of benzene rings is 2. The largest absolute Gasteiger partial charge is 0.355 e. The fourth-order valence-corrected chi connectivity index (χ4v) is 4.27. The van der Waals surface area contributed by atoms with E-state index in [1.54, 1.807) is 18.2 Å². The van der Waals surface area contributed by atoms with Gasteiger partial charge in [-0.3, -0.25) is 19.4 Å². The van der Waals surface area contributed by atoms with Crippen LogP contribution in [0.5, 0.6) is 0 Å². The zero-order chi connectivity index (χ0) is 22.8. The van der Waals surface area contributed by atoms with Crippen molar-refractivity contribution in [1.82, 2.24) is 10.6 Å². The second-order valence-electron chi connectivity index (χ2n) is 7.51. The van der Waals surface area contributed by atoms with E-state index in [-0.39, 0.29) is 30.9 Å². The average molecular weight is 455 g/mol. The van der Waals surface area contributed by atoms with Gasteiger partial charge < -0.3 is 10.6 Å². The van der Waals surface area contributed by atoms with Crippen LogP contribution in [0.1, 0.15) is 25.3 Å².